The van der Waals surface area contributed by atoms with Crippen LogP contribution in [0.15, 0.2) is 36.7 Å². The first kappa shape index (κ1) is 20.3. The van der Waals surface area contributed by atoms with Crippen LogP contribution in [0, 0.1) is 0 Å². The molecule has 0 atom stereocenters. The Morgan fingerprint density at radius 2 is 1.81 bits per heavy atom. The van der Waals surface area contributed by atoms with Crippen LogP contribution >= 0.6 is 11.6 Å². The number of anilines is 2. The zero-order valence-electron chi connectivity index (χ0n) is 15.1. The summed E-state index contributed by atoms with van der Waals surface area (Å²) in [5.74, 6) is -0.975. The van der Waals surface area contributed by atoms with Gasteiger partial charge in [-0.05, 0) is 45.0 Å². The predicted molar refractivity (Wildman–Crippen MR) is 101 cm³/mol. The lowest BCUT2D eigenvalue weighted by Gasteiger charge is -2.20. The number of carbonyl (C=O) groups is 3. The van der Waals surface area contributed by atoms with Crippen molar-refractivity contribution in [2.75, 3.05) is 10.6 Å². The highest BCUT2D eigenvalue weighted by molar-refractivity contribution is 6.31. The van der Waals surface area contributed by atoms with E-state index in [0.717, 1.165) is 0 Å². The molecule has 0 aliphatic heterocycles. The number of hydrogen-bond donors (Lipinski definition) is 2. The second kappa shape index (κ2) is 8.59. The maximum atomic E-state index is 12.2. The van der Waals surface area contributed by atoms with Gasteiger partial charge in [-0.25, -0.2) is 4.79 Å². The van der Waals surface area contributed by atoms with Crippen molar-refractivity contribution >= 4 is 40.8 Å². The van der Waals surface area contributed by atoms with Crippen LogP contribution in [-0.2, 0) is 9.53 Å². The molecule has 2 N–H and O–H groups in total. The second-order valence-corrected chi connectivity index (χ2v) is 7.03. The molecule has 0 saturated heterocycles. The number of carbonyl (C=O) groups excluding carboxylic acids is 3. The lowest BCUT2D eigenvalue weighted by Crippen LogP contribution is -2.27. The third kappa shape index (κ3) is 6.67. The Bertz CT molecular complexity index is 850. The van der Waals surface area contributed by atoms with Crippen LogP contribution in [0.4, 0.5) is 16.2 Å². The van der Waals surface area contributed by atoms with Crippen LogP contribution < -0.4 is 10.6 Å². The summed E-state index contributed by atoms with van der Waals surface area (Å²) >= 11 is 5.97. The van der Waals surface area contributed by atoms with E-state index >= 15 is 0 Å². The number of hydrogen-bond acceptors (Lipinski definition) is 6. The predicted octanol–water partition coefficient (Wildman–Crippen LogP) is 3.69. The molecule has 0 aliphatic carbocycles. The summed E-state index contributed by atoms with van der Waals surface area (Å²) in [5, 5.41) is 12.7. The van der Waals surface area contributed by atoms with Crippen molar-refractivity contribution in [3.63, 3.8) is 0 Å². The second-order valence-electron chi connectivity index (χ2n) is 6.60. The molecule has 0 radical (unpaired) electrons. The summed E-state index contributed by atoms with van der Waals surface area (Å²) in [7, 11) is 0. The van der Waals surface area contributed by atoms with Crippen LogP contribution in [0.5, 0.6) is 0 Å². The number of halogens is 1. The van der Waals surface area contributed by atoms with Gasteiger partial charge in [0.25, 0.3) is 0 Å². The molecule has 2 amide bonds. The molecule has 0 bridgehead atoms. The molecule has 0 saturated carbocycles. The monoisotopic (exact) mass is 390 g/mol. The van der Waals surface area contributed by atoms with E-state index in [9.17, 15) is 14.4 Å². The number of rotatable bonds is 5. The normalized spacial score (nSPS) is 10.8. The molecule has 0 aliphatic rings. The van der Waals surface area contributed by atoms with Gasteiger partial charge in [0.05, 0.1) is 30.2 Å². The fraction of sp³-hybridized carbons (Fsp3) is 0.278. The fourth-order valence-electron chi connectivity index (χ4n) is 2.04. The third-order valence-electron chi connectivity index (χ3n) is 3.12. The molecule has 27 heavy (non-hydrogen) atoms. The fourth-order valence-corrected chi connectivity index (χ4v) is 2.21. The average Bonchev–Trinajstić information content (AvgIpc) is 2.56. The molecule has 142 valence electrons. The van der Waals surface area contributed by atoms with Gasteiger partial charge in [0.1, 0.15) is 5.60 Å². The van der Waals surface area contributed by atoms with Crippen LogP contribution in [0.25, 0.3) is 0 Å². The Balaban J connectivity index is 2.08. The minimum absolute atomic E-state index is 0.249. The van der Waals surface area contributed by atoms with Crippen LogP contribution in [0.2, 0.25) is 5.02 Å². The molecule has 2 rings (SSSR count). The number of ether oxygens (including phenoxy) is 1. The third-order valence-corrected chi connectivity index (χ3v) is 3.35. The molecule has 1 aromatic carbocycles. The van der Waals surface area contributed by atoms with Crippen molar-refractivity contribution < 1.29 is 19.1 Å². The Hall–Kier alpha value is -3.00. The molecule has 1 heterocycles. The van der Waals surface area contributed by atoms with Gasteiger partial charge < -0.3 is 10.1 Å². The van der Waals surface area contributed by atoms with Crippen molar-refractivity contribution in [3.05, 3.63) is 47.2 Å². The Morgan fingerprint density at radius 1 is 1.07 bits per heavy atom. The molecule has 9 heteroatoms. The van der Waals surface area contributed by atoms with E-state index in [1.165, 1.54) is 30.6 Å². The number of amides is 2. The zero-order chi connectivity index (χ0) is 20.0. The van der Waals surface area contributed by atoms with E-state index in [-0.39, 0.29) is 11.3 Å². The molecule has 8 nitrogen and oxygen atoms in total. The van der Waals surface area contributed by atoms with E-state index in [1.54, 1.807) is 26.8 Å². The Morgan fingerprint density at radius 3 is 2.44 bits per heavy atom. The standard InChI is InChI=1S/C18H19ClN4O4/c1-18(2,3)27-17(26)23-13-5-4-12(19)8-14(13)22-16(25)9-15(24)11-6-7-20-21-10-11/h4-8,10H,9H2,1-3H3,(H,22,25)(H,23,26). The minimum Gasteiger partial charge on any atom is -0.444 e. The Labute approximate surface area is 161 Å². The van der Waals surface area contributed by atoms with E-state index in [4.69, 9.17) is 16.3 Å². The van der Waals surface area contributed by atoms with Gasteiger partial charge in [0.2, 0.25) is 5.91 Å². The number of Topliss-reactive ketones (excluding diaryl/α,β-unsaturated/α-hetero) is 1. The number of aromatic nitrogens is 2. The van der Waals surface area contributed by atoms with Gasteiger partial charge in [-0.3, -0.25) is 14.9 Å². The molecule has 0 unspecified atom stereocenters. The highest BCUT2D eigenvalue weighted by atomic mass is 35.5. The summed E-state index contributed by atoms with van der Waals surface area (Å²) in [4.78, 5) is 36.3. The zero-order valence-corrected chi connectivity index (χ0v) is 15.8. The molecular formula is C18H19ClN4O4. The largest absolute Gasteiger partial charge is 0.444 e. The SMILES string of the molecule is CC(C)(C)OC(=O)Nc1ccc(Cl)cc1NC(=O)CC(=O)c1ccnnc1. The first-order chi connectivity index (χ1) is 12.6. The first-order valence-corrected chi connectivity index (χ1v) is 8.41. The van der Waals surface area contributed by atoms with Crippen molar-refractivity contribution in [2.24, 2.45) is 0 Å². The van der Waals surface area contributed by atoms with Gasteiger partial charge in [-0.1, -0.05) is 11.6 Å². The van der Waals surface area contributed by atoms with Gasteiger partial charge in [0.15, 0.2) is 5.78 Å². The number of nitrogens with one attached hydrogen (secondary N) is 2. The van der Waals surface area contributed by atoms with E-state index < -0.39 is 29.8 Å². The summed E-state index contributed by atoms with van der Waals surface area (Å²) in [6, 6.07) is 6.01. The number of benzene rings is 1. The topological polar surface area (TPSA) is 110 Å². The van der Waals surface area contributed by atoms with Gasteiger partial charge in [-0.15, -0.1) is 0 Å². The quantitative estimate of drug-likeness (QED) is 0.595. The Kier molecular flexibility index (Phi) is 6.46. The first-order valence-electron chi connectivity index (χ1n) is 8.03. The van der Waals surface area contributed by atoms with E-state index in [0.29, 0.717) is 10.7 Å². The maximum Gasteiger partial charge on any atom is 0.412 e. The highest BCUT2D eigenvalue weighted by Crippen LogP contribution is 2.26. The summed E-state index contributed by atoms with van der Waals surface area (Å²) in [5.41, 5.74) is 0.141. The smallest absolute Gasteiger partial charge is 0.412 e. The van der Waals surface area contributed by atoms with E-state index in [2.05, 4.69) is 20.8 Å². The molecular weight excluding hydrogens is 372 g/mol. The van der Waals surface area contributed by atoms with Gasteiger partial charge >= 0.3 is 6.09 Å². The van der Waals surface area contributed by atoms with Crippen LogP contribution in [0.1, 0.15) is 37.6 Å². The van der Waals surface area contributed by atoms with Crippen LogP contribution in [-0.4, -0.2) is 33.6 Å². The molecule has 0 spiro atoms. The summed E-state index contributed by atoms with van der Waals surface area (Å²) in [6.45, 7) is 5.20. The van der Waals surface area contributed by atoms with Crippen molar-refractivity contribution in [2.45, 2.75) is 32.8 Å². The average molecular weight is 391 g/mol. The summed E-state index contributed by atoms with van der Waals surface area (Å²) in [6.07, 6.45) is 1.57. The molecule has 2 aromatic rings. The molecule has 0 fully saturated rings. The van der Waals surface area contributed by atoms with E-state index in [1.807, 2.05) is 0 Å². The lowest BCUT2D eigenvalue weighted by molar-refractivity contribution is -0.115. The maximum absolute atomic E-state index is 12.2. The highest BCUT2D eigenvalue weighted by Gasteiger charge is 2.19. The van der Waals surface area contributed by atoms with Crippen LogP contribution in [0.3, 0.4) is 0 Å². The minimum atomic E-state index is -0.681. The lowest BCUT2D eigenvalue weighted by atomic mass is 10.1. The van der Waals surface area contributed by atoms with Crippen molar-refractivity contribution in [1.29, 1.82) is 0 Å². The summed E-state index contributed by atoms with van der Waals surface area (Å²) < 4.78 is 5.19. The van der Waals surface area contributed by atoms with Crippen molar-refractivity contribution in [3.8, 4) is 0 Å². The van der Waals surface area contributed by atoms with Gasteiger partial charge in [0, 0.05) is 10.6 Å². The number of ketones is 1. The molecule has 1 aromatic heterocycles. The van der Waals surface area contributed by atoms with Crippen molar-refractivity contribution in [1.82, 2.24) is 10.2 Å². The number of nitrogens with zero attached hydrogens (tertiary/aromatic N) is 2. The van der Waals surface area contributed by atoms with Gasteiger partial charge in [-0.2, -0.15) is 10.2 Å².